The van der Waals surface area contributed by atoms with Gasteiger partial charge in [-0.05, 0) is 41.5 Å². The fraction of sp³-hybridized carbons (Fsp3) is 0.120. The van der Waals surface area contributed by atoms with Crippen LogP contribution in [0.25, 0.3) is 22.7 Å². The van der Waals surface area contributed by atoms with Gasteiger partial charge in [0.25, 0.3) is 5.91 Å². The fourth-order valence-corrected chi connectivity index (χ4v) is 3.33. The molecule has 0 spiro atoms. The molecular weight excluding hydrogens is 428 g/mol. The number of aromatic amines is 1. The summed E-state index contributed by atoms with van der Waals surface area (Å²) in [6.07, 6.45) is 1.62. The lowest BCUT2D eigenvalue weighted by molar-refractivity contribution is -0.115. The first-order chi connectivity index (χ1) is 16.0. The number of methoxy groups -OCH3 is 1. The maximum atomic E-state index is 13.2. The van der Waals surface area contributed by atoms with Crippen molar-refractivity contribution in [1.29, 1.82) is 0 Å². The molecule has 0 aliphatic heterocycles. The van der Waals surface area contributed by atoms with Crippen LogP contribution in [0.4, 0.5) is 8.78 Å². The number of hydrogen-bond donors (Lipinski definition) is 2. The van der Waals surface area contributed by atoms with Gasteiger partial charge in [0.05, 0.1) is 23.7 Å². The first-order valence-electron chi connectivity index (χ1n) is 10.2. The van der Waals surface area contributed by atoms with Gasteiger partial charge in [-0.15, -0.1) is 0 Å². The van der Waals surface area contributed by atoms with Crippen LogP contribution in [0, 0.1) is 0 Å². The monoisotopic (exact) mass is 449 g/mol. The van der Waals surface area contributed by atoms with Crippen molar-refractivity contribution in [2.24, 2.45) is 0 Å². The predicted molar refractivity (Wildman–Crippen MR) is 122 cm³/mol. The fourth-order valence-electron chi connectivity index (χ4n) is 3.33. The number of halogens is 2. The summed E-state index contributed by atoms with van der Waals surface area (Å²) in [5.74, 6) is 0.0691. The van der Waals surface area contributed by atoms with Gasteiger partial charge in [-0.25, -0.2) is 4.98 Å². The molecule has 0 fully saturated rings. The average molecular weight is 449 g/mol. The van der Waals surface area contributed by atoms with E-state index in [-0.39, 0.29) is 23.0 Å². The molecule has 0 unspecified atom stereocenters. The van der Waals surface area contributed by atoms with Gasteiger partial charge in [-0.3, -0.25) is 4.79 Å². The topological polar surface area (TPSA) is 76.2 Å². The number of nitrogens with one attached hydrogen (secondary N) is 2. The van der Waals surface area contributed by atoms with E-state index in [2.05, 4.69) is 20.0 Å². The normalized spacial score (nSPS) is 11.6. The van der Waals surface area contributed by atoms with Crippen LogP contribution in [0.5, 0.6) is 11.5 Å². The lowest BCUT2D eigenvalue weighted by atomic mass is 10.1. The third kappa shape index (κ3) is 5.35. The Morgan fingerprint density at radius 2 is 1.82 bits per heavy atom. The van der Waals surface area contributed by atoms with Crippen LogP contribution < -0.4 is 14.8 Å². The number of fused-ring (bicyclic) bond motifs is 1. The molecule has 33 heavy (non-hydrogen) atoms. The highest BCUT2D eigenvalue weighted by molar-refractivity contribution is 6.23. The number of aromatic nitrogens is 2. The van der Waals surface area contributed by atoms with Gasteiger partial charge in [-0.1, -0.05) is 48.5 Å². The Bertz CT molecular complexity index is 1250. The minimum atomic E-state index is -2.98. The molecule has 4 aromatic rings. The van der Waals surface area contributed by atoms with E-state index in [0.717, 1.165) is 11.1 Å². The van der Waals surface area contributed by atoms with Crippen LogP contribution in [-0.4, -0.2) is 29.6 Å². The number of alkyl halides is 2. The third-order valence-corrected chi connectivity index (χ3v) is 4.90. The summed E-state index contributed by atoms with van der Waals surface area (Å²) >= 11 is 0. The second kappa shape index (κ2) is 9.95. The number of H-pyrrole nitrogens is 1. The quantitative estimate of drug-likeness (QED) is 0.370. The summed E-state index contributed by atoms with van der Waals surface area (Å²) in [5, 5.41) is 2.91. The molecule has 0 atom stereocenters. The van der Waals surface area contributed by atoms with E-state index in [0.29, 0.717) is 23.4 Å². The molecule has 0 bridgehead atoms. The standard InChI is InChI=1S/C25H21F2N3O3/c1-32-22-14-17(11-12-21(22)33-25(26)27)13-18(23-29-19-9-5-6-10-20(19)30-23)24(31)28-15-16-7-3-2-4-8-16/h2-14,25H,15H2,1H3,(H,28,31)(H,29,30). The summed E-state index contributed by atoms with van der Waals surface area (Å²) in [4.78, 5) is 20.9. The van der Waals surface area contributed by atoms with Gasteiger partial charge in [0, 0.05) is 6.54 Å². The van der Waals surface area contributed by atoms with Crippen LogP contribution in [0.3, 0.4) is 0 Å². The van der Waals surface area contributed by atoms with Gasteiger partial charge in [0.1, 0.15) is 5.82 Å². The number of carbonyl (C=O) groups is 1. The molecule has 1 aromatic heterocycles. The van der Waals surface area contributed by atoms with Crippen LogP contribution in [0.15, 0.2) is 72.8 Å². The molecule has 0 radical (unpaired) electrons. The lowest BCUT2D eigenvalue weighted by Crippen LogP contribution is -2.24. The smallest absolute Gasteiger partial charge is 0.387 e. The minimum Gasteiger partial charge on any atom is -0.493 e. The Morgan fingerprint density at radius 1 is 1.06 bits per heavy atom. The highest BCUT2D eigenvalue weighted by atomic mass is 19.3. The largest absolute Gasteiger partial charge is 0.493 e. The summed E-state index contributed by atoms with van der Waals surface area (Å²) < 4.78 is 34.9. The molecule has 0 saturated carbocycles. The predicted octanol–water partition coefficient (Wildman–Crippen LogP) is 5.03. The van der Waals surface area contributed by atoms with E-state index in [1.54, 1.807) is 12.1 Å². The van der Waals surface area contributed by atoms with Crippen molar-refractivity contribution in [2.45, 2.75) is 13.2 Å². The second-order valence-corrected chi connectivity index (χ2v) is 7.12. The molecule has 0 aliphatic carbocycles. The minimum absolute atomic E-state index is 0.0940. The number of amides is 1. The number of benzene rings is 3. The van der Waals surface area contributed by atoms with Crippen molar-refractivity contribution >= 4 is 28.6 Å². The van der Waals surface area contributed by atoms with E-state index < -0.39 is 6.61 Å². The Kier molecular flexibility index (Phi) is 6.64. The maximum Gasteiger partial charge on any atom is 0.387 e. The number of hydrogen-bond acceptors (Lipinski definition) is 4. The molecule has 6 nitrogen and oxygen atoms in total. The second-order valence-electron chi connectivity index (χ2n) is 7.12. The SMILES string of the molecule is COc1cc(C=C(C(=O)NCc2ccccc2)c2nc3ccccc3[nH]2)ccc1OC(F)F. The Labute approximate surface area is 188 Å². The first-order valence-corrected chi connectivity index (χ1v) is 10.2. The number of rotatable bonds is 8. The van der Waals surface area contributed by atoms with E-state index in [4.69, 9.17) is 4.74 Å². The maximum absolute atomic E-state index is 13.2. The average Bonchev–Trinajstić information content (AvgIpc) is 3.26. The van der Waals surface area contributed by atoms with E-state index in [9.17, 15) is 13.6 Å². The van der Waals surface area contributed by atoms with Crippen molar-refractivity contribution in [3.8, 4) is 11.5 Å². The molecule has 168 valence electrons. The molecular formula is C25H21F2N3O3. The molecule has 0 aliphatic rings. The number of imidazole rings is 1. The van der Waals surface area contributed by atoms with Crippen molar-refractivity contribution < 1.29 is 23.0 Å². The van der Waals surface area contributed by atoms with Crippen LogP contribution in [-0.2, 0) is 11.3 Å². The molecule has 0 saturated heterocycles. The third-order valence-electron chi connectivity index (χ3n) is 4.90. The zero-order chi connectivity index (χ0) is 23.2. The summed E-state index contributed by atoms with van der Waals surface area (Å²) in [7, 11) is 1.36. The summed E-state index contributed by atoms with van der Waals surface area (Å²) in [6.45, 7) is -2.64. The van der Waals surface area contributed by atoms with Gasteiger partial charge in [0.15, 0.2) is 11.5 Å². The van der Waals surface area contributed by atoms with Crippen LogP contribution in [0.2, 0.25) is 0 Å². The Balaban J connectivity index is 1.70. The van der Waals surface area contributed by atoms with Gasteiger partial charge >= 0.3 is 6.61 Å². The van der Waals surface area contributed by atoms with E-state index in [1.807, 2.05) is 54.6 Å². The lowest BCUT2D eigenvalue weighted by Gasteiger charge is -2.11. The van der Waals surface area contributed by atoms with Crippen LogP contribution >= 0.6 is 0 Å². The van der Waals surface area contributed by atoms with Crippen molar-refractivity contribution in [3.63, 3.8) is 0 Å². The number of nitrogens with zero attached hydrogens (tertiary/aromatic N) is 1. The van der Waals surface area contributed by atoms with Crippen LogP contribution in [0.1, 0.15) is 17.0 Å². The number of ether oxygens (including phenoxy) is 2. The number of para-hydroxylation sites is 2. The Morgan fingerprint density at radius 3 is 2.55 bits per heavy atom. The molecule has 4 rings (SSSR count). The highest BCUT2D eigenvalue weighted by Crippen LogP contribution is 2.31. The Hall–Kier alpha value is -4.20. The number of carbonyl (C=O) groups excluding carboxylic acids is 1. The van der Waals surface area contributed by atoms with Gasteiger partial charge in [-0.2, -0.15) is 8.78 Å². The highest BCUT2D eigenvalue weighted by Gasteiger charge is 2.17. The van der Waals surface area contributed by atoms with E-state index >= 15 is 0 Å². The van der Waals surface area contributed by atoms with Crippen molar-refractivity contribution in [2.75, 3.05) is 7.11 Å². The zero-order valence-corrected chi connectivity index (χ0v) is 17.7. The van der Waals surface area contributed by atoms with Crippen molar-refractivity contribution in [1.82, 2.24) is 15.3 Å². The zero-order valence-electron chi connectivity index (χ0n) is 17.7. The summed E-state index contributed by atoms with van der Waals surface area (Å²) in [5.41, 5.74) is 3.29. The van der Waals surface area contributed by atoms with Gasteiger partial charge in [0.2, 0.25) is 0 Å². The first kappa shape index (κ1) is 22.0. The van der Waals surface area contributed by atoms with E-state index in [1.165, 1.54) is 19.2 Å². The molecule has 2 N–H and O–H groups in total. The molecule has 8 heteroatoms. The molecule has 1 heterocycles. The molecule has 1 amide bonds. The van der Waals surface area contributed by atoms with Gasteiger partial charge < -0.3 is 19.8 Å². The summed E-state index contributed by atoms with van der Waals surface area (Å²) in [6, 6.07) is 21.4. The molecule has 3 aromatic carbocycles. The van der Waals surface area contributed by atoms with Crippen molar-refractivity contribution in [3.05, 3.63) is 89.7 Å².